The lowest BCUT2D eigenvalue weighted by Crippen LogP contribution is -2.40. The zero-order chi connectivity index (χ0) is 9.97. The lowest BCUT2D eigenvalue weighted by Gasteiger charge is -2.26. The number of carbonyl (C=O) groups is 1. The summed E-state index contributed by atoms with van der Waals surface area (Å²) in [5.74, 6) is 0.00231. The molecule has 2 rings (SSSR count). The highest BCUT2D eigenvalue weighted by atomic mass is 32.1. The summed E-state index contributed by atoms with van der Waals surface area (Å²) < 4.78 is 5.16. The standard InChI is InChI=1S/C8H11N3O2S/c9-8-10-5-6(14-8)7(12)11-1-3-13-4-2-11/h5H,1-4H2,(H2,9,10). The third kappa shape index (κ3) is 1.85. The number of nitrogen functional groups attached to an aromatic ring is 1. The third-order valence-electron chi connectivity index (χ3n) is 2.03. The molecule has 76 valence electrons. The van der Waals surface area contributed by atoms with Gasteiger partial charge < -0.3 is 15.4 Å². The summed E-state index contributed by atoms with van der Waals surface area (Å²) in [6.07, 6.45) is 1.53. The number of rotatable bonds is 1. The van der Waals surface area contributed by atoms with Crippen LogP contribution in [0.3, 0.4) is 0 Å². The van der Waals surface area contributed by atoms with Crippen molar-refractivity contribution in [2.75, 3.05) is 32.0 Å². The van der Waals surface area contributed by atoms with Crippen LogP contribution in [-0.2, 0) is 4.74 Å². The van der Waals surface area contributed by atoms with Crippen LogP contribution in [0.4, 0.5) is 5.13 Å². The molecule has 14 heavy (non-hydrogen) atoms. The van der Waals surface area contributed by atoms with Crippen molar-refractivity contribution in [3.05, 3.63) is 11.1 Å². The lowest BCUT2D eigenvalue weighted by molar-refractivity contribution is 0.0306. The Bertz CT molecular complexity index is 333. The smallest absolute Gasteiger partial charge is 0.265 e. The van der Waals surface area contributed by atoms with Crippen molar-refractivity contribution in [2.45, 2.75) is 0 Å². The van der Waals surface area contributed by atoms with Gasteiger partial charge in [0.1, 0.15) is 4.88 Å². The van der Waals surface area contributed by atoms with Gasteiger partial charge >= 0.3 is 0 Å². The van der Waals surface area contributed by atoms with Crippen LogP contribution in [-0.4, -0.2) is 42.1 Å². The van der Waals surface area contributed by atoms with Gasteiger partial charge in [-0.1, -0.05) is 11.3 Å². The van der Waals surface area contributed by atoms with Gasteiger partial charge in [-0.2, -0.15) is 0 Å². The first-order chi connectivity index (χ1) is 6.77. The summed E-state index contributed by atoms with van der Waals surface area (Å²) in [4.78, 5) is 18.0. The third-order valence-corrected chi connectivity index (χ3v) is 2.85. The topological polar surface area (TPSA) is 68.5 Å². The van der Waals surface area contributed by atoms with Gasteiger partial charge in [0.05, 0.1) is 19.4 Å². The number of hydrogen-bond acceptors (Lipinski definition) is 5. The van der Waals surface area contributed by atoms with E-state index in [-0.39, 0.29) is 5.91 Å². The van der Waals surface area contributed by atoms with Gasteiger partial charge in [-0.25, -0.2) is 4.98 Å². The minimum Gasteiger partial charge on any atom is -0.378 e. The van der Waals surface area contributed by atoms with E-state index in [9.17, 15) is 4.79 Å². The predicted octanol–water partition coefficient (Wildman–Crippen LogP) is 0.198. The molecule has 0 aromatic carbocycles. The number of amides is 1. The summed E-state index contributed by atoms with van der Waals surface area (Å²) in [5, 5.41) is 0.432. The molecule has 1 aliphatic heterocycles. The van der Waals surface area contributed by atoms with E-state index in [0.717, 1.165) is 0 Å². The van der Waals surface area contributed by atoms with Crippen molar-refractivity contribution in [3.63, 3.8) is 0 Å². The molecule has 0 saturated carbocycles. The summed E-state index contributed by atoms with van der Waals surface area (Å²) in [5.41, 5.74) is 5.46. The molecule has 1 fully saturated rings. The largest absolute Gasteiger partial charge is 0.378 e. The van der Waals surface area contributed by atoms with Crippen molar-refractivity contribution < 1.29 is 9.53 Å². The summed E-state index contributed by atoms with van der Waals surface area (Å²) in [6.45, 7) is 2.52. The fourth-order valence-electron chi connectivity index (χ4n) is 1.31. The highest BCUT2D eigenvalue weighted by Gasteiger charge is 2.19. The van der Waals surface area contributed by atoms with E-state index in [4.69, 9.17) is 10.5 Å². The van der Waals surface area contributed by atoms with Gasteiger partial charge in [-0.3, -0.25) is 4.79 Å². The Morgan fingerprint density at radius 2 is 2.29 bits per heavy atom. The van der Waals surface area contributed by atoms with Crippen molar-refractivity contribution in [2.24, 2.45) is 0 Å². The summed E-state index contributed by atoms with van der Waals surface area (Å²) >= 11 is 1.22. The van der Waals surface area contributed by atoms with Crippen LogP contribution in [0.15, 0.2) is 6.20 Å². The molecule has 0 atom stereocenters. The molecular weight excluding hydrogens is 202 g/mol. The number of ether oxygens (including phenoxy) is 1. The van der Waals surface area contributed by atoms with Gasteiger partial charge in [0.15, 0.2) is 5.13 Å². The Labute approximate surface area is 85.5 Å². The summed E-state index contributed by atoms with van der Waals surface area (Å²) in [7, 11) is 0. The van der Waals surface area contributed by atoms with Crippen LogP contribution in [0.25, 0.3) is 0 Å². The number of anilines is 1. The Hall–Kier alpha value is -1.14. The highest BCUT2D eigenvalue weighted by Crippen LogP contribution is 2.17. The average Bonchev–Trinajstić information content (AvgIpc) is 2.65. The van der Waals surface area contributed by atoms with E-state index in [1.165, 1.54) is 17.5 Å². The minimum absolute atomic E-state index is 0.00231. The molecule has 0 unspecified atom stereocenters. The van der Waals surface area contributed by atoms with E-state index in [1.54, 1.807) is 4.90 Å². The van der Waals surface area contributed by atoms with E-state index < -0.39 is 0 Å². The molecule has 2 N–H and O–H groups in total. The van der Waals surface area contributed by atoms with E-state index in [0.29, 0.717) is 36.3 Å². The number of morpholine rings is 1. The molecule has 0 radical (unpaired) electrons. The molecule has 1 amide bonds. The van der Waals surface area contributed by atoms with Crippen molar-refractivity contribution in [3.8, 4) is 0 Å². The quantitative estimate of drug-likeness (QED) is 0.723. The highest BCUT2D eigenvalue weighted by molar-refractivity contribution is 7.17. The maximum Gasteiger partial charge on any atom is 0.265 e. The van der Waals surface area contributed by atoms with E-state index >= 15 is 0 Å². The van der Waals surface area contributed by atoms with Crippen LogP contribution in [0, 0.1) is 0 Å². The predicted molar refractivity (Wildman–Crippen MR) is 53.2 cm³/mol. The van der Waals surface area contributed by atoms with Crippen molar-refractivity contribution >= 4 is 22.4 Å². The zero-order valence-corrected chi connectivity index (χ0v) is 8.42. The molecule has 1 aromatic rings. The monoisotopic (exact) mass is 213 g/mol. The second-order valence-electron chi connectivity index (χ2n) is 2.97. The minimum atomic E-state index is 0.00231. The summed E-state index contributed by atoms with van der Waals surface area (Å²) in [6, 6.07) is 0. The number of carbonyl (C=O) groups excluding carboxylic acids is 1. The molecule has 6 heteroatoms. The first-order valence-electron chi connectivity index (χ1n) is 4.35. The van der Waals surface area contributed by atoms with Crippen LogP contribution >= 0.6 is 11.3 Å². The fraction of sp³-hybridized carbons (Fsp3) is 0.500. The van der Waals surface area contributed by atoms with Crippen LogP contribution in [0.5, 0.6) is 0 Å². The lowest BCUT2D eigenvalue weighted by atomic mass is 10.4. The van der Waals surface area contributed by atoms with Crippen molar-refractivity contribution in [1.82, 2.24) is 9.88 Å². The number of thiazole rings is 1. The van der Waals surface area contributed by atoms with Gasteiger partial charge in [0, 0.05) is 13.1 Å². The Morgan fingerprint density at radius 1 is 1.57 bits per heavy atom. The van der Waals surface area contributed by atoms with Crippen LogP contribution in [0.1, 0.15) is 9.67 Å². The molecule has 0 aliphatic carbocycles. The van der Waals surface area contributed by atoms with Gasteiger partial charge in [-0.05, 0) is 0 Å². The van der Waals surface area contributed by atoms with E-state index in [2.05, 4.69) is 4.98 Å². The van der Waals surface area contributed by atoms with Gasteiger partial charge in [0.2, 0.25) is 0 Å². The van der Waals surface area contributed by atoms with Crippen LogP contribution in [0.2, 0.25) is 0 Å². The number of aromatic nitrogens is 1. The van der Waals surface area contributed by atoms with Crippen molar-refractivity contribution in [1.29, 1.82) is 0 Å². The maximum absolute atomic E-state index is 11.8. The Kier molecular flexibility index (Phi) is 2.64. The molecule has 5 nitrogen and oxygen atoms in total. The first kappa shape index (κ1) is 9.42. The number of nitrogens with zero attached hydrogens (tertiary/aromatic N) is 2. The van der Waals surface area contributed by atoms with Gasteiger partial charge in [-0.15, -0.1) is 0 Å². The average molecular weight is 213 g/mol. The van der Waals surface area contributed by atoms with E-state index in [1.807, 2.05) is 0 Å². The molecule has 1 aromatic heterocycles. The SMILES string of the molecule is Nc1ncc(C(=O)N2CCOCC2)s1. The van der Waals surface area contributed by atoms with Crippen LogP contribution < -0.4 is 5.73 Å². The number of hydrogen-bond donors (Lipinski definition) is 1. The molecule has 0 spiro atoms. The first-order valence-corrected chi connectivity index (χ1v) is 5.17. The molecule has 2 heterocycles. The zero-order valence-electron chi connectivity index (χ0n) is 7.60. The number of nitrogens with two attached hydrogens (primary N) is 1. The molecule has 0 bridgehead atoms. The Morgan fingerprint density at radius 3 is 2.86 bits per heavy atom. The molecular formula is C8H11N3O2S. The molecule has 1 aliphatic rings. The normalized spacial score (nSPS) is 17.0. The second kappa shape index (κ2) is 3.93. The fourth-order valence-corrected chi connectivity index (χ4v) is 1.96. The second-order valence-corrected chi connectivity index (χ2v) is 4.03. The van der Waals surface area contributed by atoms with Gasteiger partial charge in [0.25, 0.3) is 5.91 Å². The Balaban J connectivity index is 2.07. The maximum atomic E-state index is 11.8. The molecule has 1 saturated heterocycles.